The topological polar surface area (TPSA) is 50.0 Å². The van der Waals surface area contributed by atoms with Crippen LogP contribution in [0.5, 0.6) is 0 Å². The number of fused-ring (bicyclic) bond motifs is 1. The van der Waals surface area contributed by atoms with Crippen molar-refractivity contribution in [1.82, 2.24) is 9.38 Å². The molecule has 0 saturated carbocycles. The van der Waals surface area contributed by atoms with Crippen molar-refractivity contribution in [1.29, 1.82) is 0 Å². The fraction of sp³-hybridized carbons (Fsp3) is 0.615. The lowest BCUT2D eigenvalue weighted by Crippen LogP contribution is -2.37. The van der Waals surface area contributed by atoms with Crippen LogP contribution in [-0.2, 0) is 11.3 Å². The molecule has 0 aliphatic carbocycles. The first-order valence-corrected chi connectivity index (χ1v) is 7.63. The van der Waals surface area contributed by atoms with Crippen LogP contribution in [0, 0.1) is 0 Å². The predicted molar refractivity (Wildman–Crippen MR) is 75.9 cm³/mol. The Morgan fingerprint density at radius 3 is 2.95 bits per heavy atom. The highest BCUT2D eigenvalue weighted by Gasteiger charge is 2.24. The zero-order valence-corrected chi connectivity index (χ0v) is 11.9. The molecule has 1 fully saturated rings. The van der Waals surface area contributed by atoms with Gasteiger partial charge in [0.25, 0.3) is 0 Å². The third-order valence-electron chi connectivity index (χ3n) is 3.63. The minimum absolute atomic E-state index is 0.0264. The minimum Gasteiger partial charge on any atom is -0.390 e. The quantitative estimate of drug-likeness (QED) is 0.930. The molecule has 0 atom stereocenters. The fourth-order valence-corrected chi connectivity index (χ4v) is 3.42. The molecule has 1 aliphatic heterocycles. The maximum Gasteiger partial charge on any atom is 0.195 e. The Labute approximate surface area is 116 Å². The molecule has 3 rings (SSSR count). The lowest BCUT2D eigenvalue weighted by molar-refractivity contribution is 0.0458. The zero-order chi connectivity index (χ0) is 13.2. The van der Waals surface area contributed by atoms with Crippen LogP contribution in [0.4, 0.5) is 5.82 Å². The summed E-state index contributed by atoms with van der Waals surface area (Å²) in [5, 5.41) is 11.6. The molecule has 1 saturated heterocycles. The molecule has 1 N–H and O–H groups in total. The first kappa shape index (κ1) is 12.9. The van der Waals surface area contributed by atoms with Crippen molar-refractivity contribution in [2.75, 3.05) is 24.6 Å². The summed E-state index contributed by atoms with van der Waals surface area (Å²) >= 11 is 1.60. The summed E-state index contributed by atoms with van der Waals surface area (Å²) in [4.78, 5) is 7.86. The molecule has 6 heteroatoms. The number of hydrogen-bond donors (Lipinski definition) is 1. The SMILES string of the molecule is CCOC1CCN(c2nc3sccn3c2CO)CC1. The molecule has 0 aromatic carbocycles. The summed E-state index contributed by atoms with van der Waals surface area (Å²) in [6.45, 7) is 4.75. The second-order valence-electron chi connectivity index (χ2n) is 4.74. The van der Waals surface area contributed by atoms with Gasteiger partial charge in [0.05, 0.1) is 18.4 Å². The van der Waals surface area contributed by atoms with Gasteiger partial charge in [-0.1, -0.05) is 0 Å². The Kier molecular flexibility index (Phi) is 3.72. The summed E-state index contributed by atoms with van der Waals surface area (Å²) in [6.07, 6.45) is 4.41. The van der Waals surface area contributed by atoms with Crippen LogP contribution < -0.4 is 4.90 Å². The number of aromatic nitrogens is 2. The van der Waals surface area contributed by atoms with E-state index in [1.807, 2.05) is 22.9 Å². The number of aliphatic hydroxyl groups excluding tert-OH is 1. The Balaban J connectivity index is 1.79. The van der Waals surface area contributed by atoms with E-state index in [-0.39, 0.29) is 6.61 Å². The van der Waals surface area contributed by atoms with Gasteiger partial charge in [0, 0.05) is 31.3 Å². The van der Waals surface area contributed by atoms with Crippen LogP contribution in [-0.4, -0.2) is 40.3 Å². The van der Waals surface area contributed by atoms with Gasteiger partial charge in [0.2, 0.25) is 0 Å². The highest BCUT2D eigenvalue weighted by Crippen LogP contribution is 2.27. The van der Waals surface area contributed by atoms with Crippen molar-refractivity contribution >= 4 is 22.1 Å². The number of aliphatic hydroxyl groups is 1. The van der Waals surface area contributed by atoms with Gasteiger partial charge in [-0.3, -0.25) is 4.40 Å². The van der Waals surface area contributed by atoms with E-state index < -0.39 is 0 Å². The Morgan fingerprint density at radius 2 is 2.26 bits per heavy atom. The predicted octanol–water partition coefficient (Wildman–Crippen LogP) is 1.89. The number of nitrogens with zero attached hydrogens (tertiary/aromatic N) is 3. The van der Waals surface area contributed by atoms with E-state index in [0.717, 1.165) is 49.0 Å². The third-order valence-corrected chi connectivity index (χ3v) is 4.39. The van der Waals surface area contributed by atoms with Crippen molar-refractivity contribution in [2.24, 2.45) is 0 Å². The highest BCUT2D eigenvalue weighted by atomic mass is 32.1. The van der Waals surface area contributed by atoms with Crippen LogP contribution in [0.15, 0.2) is 11.6 Å². The van der Waals surface area contributed by atoms with Crippen LogP contribution in [0.25, 0.3) is 4.96 Å². The average Bonchev–Trinajstić information content (AvgIpc) is 3.00. The Hall–Kier alpha value is -1.11. The maximum absolute atomic E-state index is 9.58. The van der Waals surface area contributed by atoms with Gasteiger partial charge in [-0.25, -0.2) is 4.98 Å². The number of thiazole rings is 1. The molecule has 0 spiro atoms. The second-order valence-corrected chi connectivity index (χ2v) is 5.61. The van der Waals surface area contributed by atoms with E-state index in [0.29, 0.717) is 6.10 Å². The lowest BCUT2D eigenvalue weighted by Gasteiger charge is -2.32. The van der Waals surface area contributed by atoms with Gasteiger partial charge >= 0.3 is 0 Å². The average molecular weight is 281 g/mol. The molecule has 2 aromatic heterocycles. The van der Waals surface area contributed by atoms with Crippen molar-refractivity contribution < 1.29 is 9.84 Å². The van der Waals surface area contributed by atoms with E-state index in [9.17, 15) is 5.11 Å². The van der Waals surface area contributed by atoms with Gasteiger partial charge in [-0.05, 0) is 19.8 Å². The molecule has 0 radical (unpaired) electrons. The summed E-state index contributed by atoms with van der Waals surface area (Å²) in [6, 6.07) is 0. The monoisotopic (exact) mass is 281 g/mol. The number of hydrogen-bond acceptors (Lipinski definition) is 5. The number of anilines is 1. The Morgan fingerprint density at radius 1 is 1.47 bits per heavy atom. The van der Waals surface area contributed by atoms with Crippen LogP contribution in [0.1, 0.15) is 25.5 Å². The first-order valence-electron chi connectivity index (χ1n) is 6.75. The molecule has 104 valence electrons. The van der Waals surface area contributed by atoms with Gasteiger partial charge in [-0.2, -0.15) is 0 Å². The zero-order valence-electron chi connectivity index (χ0n) is 11.1. The summed E-state index contributed by atoms with van der Waals surface area (Å²) in [5.74, 6) is 0.935. The van der Waals surface area contributed by atoms with Gasteiger partial charge in [-0.15, -0.1) is 11.3 Å². The smallest absolute Gasteiger partial charge is 0.195 e. The normalized spacial score (nSPS) is 17.5. The number of imidazole rings is 1. The van der Waals surface area contributed by atoms with Crippen LogP contribution in [0.2, 0.25) is 0 Å². The van der Waals surface area contributed by atoms with E-state index in [1.165, 1.54) is 0 Å². The van der Waals surface area contributed by atoms with E-state index in [2.05, 4.69) is 9.88 Å². The molecule has 5 nitrogen and oxygen atoms in total. The molecular formula is C13H19N3O2S. The summed E-state index contributed by atoms with van der Waals surface area (Å²) in [5.41, 5.74) is 0.895. The van der Waals surface area contributed by atoms with Gasteiger partial charge < -0.3 is 14.7 Å². The van der Waals surface area contributed by atoms with Crippen molar-refractivity contribution in [3.8, 4) is 0 Å². The molecule has 3 heterocycles. The van der Waals surface area contributed by atoms with E-state index >= 15 is 0 Å². The van der Waals surface area contributed by atoms with Crippen molar-refractivity contribution in [3.05, 3.63) is 17.3 Å². The number of ether oxygens (including phenoxy) is 1. The summed E-state index contributed by atoms with van der Waals surface area (Å²) in [7, 11) is 0. The number of rotatable bonds is 4. The van der Waals surface area contributed by atoms with E-state index in [4.69, 9.17) is 4.74 Å². The van der Waals surface area contributed by atoms with Gasteiger partial charge in [0.1, 0.15) is 0 Å². The van der Waals surface area contributed by atoms with Crippen LogP contribution in [0.3, 0.4) is 0 Å². The molecule has 2 aromatic rings. The largest absolute Gasteiger partial charge is 0.390 e. The molecule has 0 unspecified atom stereocenters. The van der Waals surface area contributed by atoms with Crippen molar-refractivity contribution in [3.63, 3.8) is 0 Å². The van der Waals surface area contributed by atoms with Crippen molar-refractivity contribution in [2.45, 2.75) is 32.5 Å². The van der Waals surface area contributed by atoms with E-state index in [1.54, 1.807) is 11.3 Å². The third kappa shape index (κ3) is 2.35. The minimum atomic E-state index is 0.0264. The molecule has 0 bridgehead atoms. The first-order chi connectivity index (χ1) is 9.33. The molecular weight excluding hydrogens is 262 g/mol. The van der Waals surface area contributed by atoms with Gasteiger partial charge in [0.15, 0.2) is 10.8 Å². The second kappa shape index (κ2) is 5.48. The van der Waals surface area contributed by atoms with Crippen LogP contribution >= 0.6 is 11.3 Å². The lowest BCUT2D eigenvalue weighted by atomic mass is 10.1. The summed E-state index contributed by atoms with van der Waals surface area (Å²) < 4.78 is 7.65. The Bertz CT molecular complexity index is 543. The fourth-order valence-electron chi connectivity index (χ4n) is 2.69. The number of piperidine rings is 1. The highest BCUT2D eigenvalue weighted by molar-refractivity contribution is 7.15. The molecule has 0 amide bonds. The standard InChI is InChI=1S/C13H19N3O2S/c1-2-18-10-3-5-15(6-4-10)12-11(9-17)16-7-8-19-13(16)14-12/h7-8,10,17H,2-6,9H2,1H3. The molecule has 19 heavy (non-hydrogen) atoms. The maximum atomic E-state index is 9.58. The molecule has 1 aliphatic rings.